The van der Waals surface area contributed by atoms with Gasteiger partial charge in [0.05, 0.1) is 6.10 Å². The molecule has 0 amide bonds. The van der Waals surface area contributed by atoms with Crippen molar-refractivity contribution in [1.82, 2.24) is 4.98 Å². The number of aliphatic hydroxyl groups excluding tert-OH is 1. The fourth-order valence-corrected chi connectivity index (χ4v) is 1.89. The van der Waals surface area contributed by atoms with E-state index in [0.29, 0.717) is 16.6 Å². The van der Waals surface area contributed by atoms with Crippen LogP contribution in [-0.4, -0.2) is 10.1 Å². The minimum atomic E-state index is -0.586. The Morgan fingerprint density at radius 1 is 1.12 bits per heavy atom. The zero-order chi connectivity index (χ0) is 12.3. The lowest BCUT2D eigenvalue weighted by Crippen LogP contribution is -2.01. The smallest absolute Gasteiger partial charge is 0.129 e. The van der Waals surface area contributed by atoms with Gasteiger partial charge in [-0.2, -0.15) is 0 Å². The van der Waals surface area contributed by atoms with Crippen LogP contribution in [0.4, 0.5) is 0 Å². The van der Waals surface area contributed by atoms with E-state index in [4.69, 9.17) is 23.2 Å². The molecule has 2 rings (SSSR count). The van der Waals surface area contributed by atoms with E-state index in [1.807, 2.05) is 24.3 Å². The van der Waals surface area contributed by atoms with Crippen LogP contribution in [0, 0.1) is 0 Å². The number of hydrogen-bond acceptors (Lipinski definition) is 2. The zero-order valence-electron chi connectivity index (χ0n) is 8.98. The van der Waals surface area contributed by atoms with E-state index in [1.54, 1.807) is 18.3 Å². The highest BCUT2D eigenvalue weighted by molar-refractivity contribution is 6.30. The minimum Gasteiger partial charge on any atom is -0.388 e. The number of benzene rings is 1. The number of rotatable bonds is 3. The van der Waals surface area contributed by atoms with E-state index in [-0.39, 0.29) is 0 Å². The van der Waals surface area contributed by atoms with Crippen LogP contribution in [0.3, 0.4) is 0 Å². The molecule has 0 radical (unpaired) electrons. The third kappa shape index (κ3) is 3.43. The van der Waals surface area contributed by atoms with E-state index in [9.17, 15) is 5.11 Å². The van der Waals surface area contributed by atoms with Gasteiger partial charge in [0.15, 0.2) is 0 Å². The fourth-order valence-electron chi connectivity index (χ4n) is 1.59. The zero-order valence-corrected chi connectivity index (χ0v) is 10.5. The second-order valence-corrected chi connectivity index (χ2v) is 4.58. The van der Waals surface area contributed by atoms with Gasteiger partial charge in [0.25, 0.3) is 0 Å². The summed E-state index contributed by atoms with van der Waals surface area (Å²) < 4.78 is 0. The molecule has 1 aromatic carbocycles. The van der Waals surface area contributed by atoms with Crippen molar-refractivity contribution in [2.24, 2.45) is 0 Å². The topological polar surface area (TPSA) is 33.1 Å². The molecule has 1 N–H and O–H groups in total. The first-order valence-electron chi connectivity index (χ1n) is 5.19. The van der Waals surface area contributed by atoms with E-state index < -0.39 is 6.10 Å². The van der Waals surface area contributed by atoms with Crippen molar-refractivity contribution in [2.75, 3.05) is 0 Å². The molecule has 0 aliphatic rings. The molecule has 1 unspecified atom stereocenters. The van der Waals surface area contributed by atoms with Crippen molar-refractivity contribution in [3.63, 3.8) is 0 Å². The van der Waals surface area contributed by atoms with Gasteiger partial charge in [0, 0.05) is 17.6 Å². The molecule has 2 aromatic rings. The second-order valence-electron chi connectivity index (χ2n) is 3.76. The molecule has 17 heavy (non-hydrogen) atoms. The molecule has 4 heteroatoms. The number of halogens is 2. The summed E-state index contributed by atoms with van der Waals surface area (Å²) in [6.07, 6.45) is 1.52. The van der Waals surface area contributed by atoms with Gasteiger partial charge in [-0.15, -0.1) is 0 Å². The van der Waals surface area contributed by atoms with E-state index in [2.05, 4.69) is 4.98 Å². The first-order chi connectivity index (χ1) is 8.15. The molecule has 1 atom stereocenters. The summed E-state index contributed by atoms with van der Waals surface area (Å²) in [6.45, 7) is 0. The summed E-state index contributed by atoms with van der Waals surface area (Å²) in [4.78, 5) is 3.88. The lowest BCUT2D eigenvalue weighted by atomic mass is 10.0. The van der Waals surface area contributed by atoms with Gasteiger partial charge in [0.2, 0.25) is 0 Å². The van der Waals surface area contributed by atoms with Gasteiger partial charge in [-0.3, -0.25) is 0 Å². The monoisotopic (exact) mass is 267 g/mol. The maximum Gasteiger partial charge on any atom is 0.129 e. The fraction of sp³-hybridized carbons (Fsp3) is 0.154. The van der Waals surface area contributed by atoms with Crippen LogP contribution in [-0.2, 0) is 6.42 Å². The van der Waals surface area contributed by atoms with Crippen LogP contribution in [0.1, 0.15) is 17.2 Å². The molecule has 0 saturated heterocycles. The van der Waals surface area contributed by atoms with Gasteiger partial charge in [-0.25, -0.2) is 4.98 Å². The van der Waals surface area contributed by atoms with Crippen molar-refractivity contribution in [2.45, 2.75) is 12.5 Å². The van der Waals surface area contributed by atoms with E-state index in [0.717, 1.165) is 11.1 Å². The summed E-state index contributed by atoms with van der Waals surface area (Å²) in [5.41, 5.74) is 1.79. The molecular formula is C13H11Cl2NO. The number of aromatic nitrogens is 1. The average Bonchev–Trinajstić information content (AvgIpc) is 2.32. The molecule has 0 spiro atoms. The van der Waals surface area contributed by atoms with Crippen LogP contribution < -0.4 is 0 Å². The van der Waals surface area contributed by atoms with Gasteiger partial charge in [0.1, 0.15) is 5.15 Å². The van der Waals surface area contributed by atoms with Crippen molar-refractivity contribution in [3.8, 4) is 0 Å². The Labute approximate surface area is 110 Å². The van der Waals surface area contributed by atoms with Crippen molar-refractivity contribution >= 4 is 23.2 Å². The van der Waals surface area contributed by atoms with Crippen LogP contribution in [0.2, 0.25) is 10.2 Å². The first-order valence-corrected chi connectivity index (χ1v) is 5.95. The molecule has 1 aromatic heterocycles. The Kier molecular flexibility index (Phi) is 4.00. The van der Waals surface area contributed by atoms with Crippen LogP contribution >= 0.6 is 23.2 Å². The summed E-state index contributed by atoms with van der Waals surface area (Å²) in [6, 6.07) is 10.8. The lowest BCUT2D eigenvalue weighted by Gasteiger charge is -2.11. The largest absolute Gasteiger partial charge is 0.388 e. The maximum atomic E-state index is 10.0. The highest BCUT2D eigenvalue weighted by Crippen LogP contribution is 2.20. The molecule has 2 nitrogen and oxygen atoms in total. The molecule has 0 aliphatic heterocycles. The minimum absolute atomic E-state index is 0.387. The first kappa shape index (κ1) is 12.4. The normalized spacial score (nSPS) is 12.4. The second kappa shape index (κ2) is 5.50. The quantitative estimate of drug-likeness (QED) is 0.861. The molecule has 0 aliphatic carbocycles. The van der Waals surface area contributed by atoms with Gasteiger partial charge in [-0.1, -0.05) is 35.3 Å². The van der Waals surface area contributed by atoms with E-state index >= 15 is 0 Å². The Balaban J connectivity index is 2.11. The van der Waals surface area contributed by atoms with Gasteiger partial charge in [-0.05, 0) is 35.4 Å². The molecule has 0 fully saturated rings. The average molecular weight is 268 g/mol. The summed E-state index contributed by atoms with van der Waals surface area (Å²) >= 11 is 11.6. The third-order valence-corrected chi connectivity index (χ3v) is 2.94. The molecule has 0 saturated carbocycles. The third-order valence-electron chi connectivity index (χ3n) is 2.48. The summed E-state index contributed by atoms with van der Waals surface area (Å²) in [5.74, 6) is 0. The van der Waals surface area contributed by atoms with E-state index in [1.165, 1.54) is 0 Å². The lowest BCUT2D eigenvalue weighted by molar-refractivity contribution is 0.178. The highest BCUT2D eigenvalue weighted by atomic mass is 35.5. The van der Waals surface area contributed by atoms with Crippen LogP contribution in [0.15, 0.2) is 42.6 Å². The summed E-state index contributed by atoms with van der Waals surface area (Å²) in [5, 5.41) is 11.1. The van der Waals surface area contributed by atoms with Gasteiger partial charge < -0.3 is 5.11 Å². The number of pyridine rings is 1. The van der Waals surface area contributed by atoms with Crippen molar-refractivity contribution in [1.29, 1.82) is 0 Å². The predicted octanol–water partition coefficient (Wildman–Crippen LogP) is 3.66. The Morgan fingerprint density at radius 3 is 2.47 bits per heavy atom. The van der Waals surface area contributed by atoms with Crippen LogP contribution in [0.25, 0.3) is 0 Å². The van der Waals surface area contributed by atoms with Crippen LogP contribution in [0.5, 0.6) is 0 Å². The van der Waals surface area contributed by atoms with Crippen molar-refractivity contribution in [3.05, 3.63) is 63.9 Å². The maximum absolute atomic E-state index is 10.0. The highest BCUT2D eigenvalue weighted by Gasteiger charge is 2.09. The summed E-state index contributed by atoms with van der Waals surface area (Å²) in [7, 11) is 0. The molecule has 88 valence electrons. The van der Waals surface area contributed by atoms with Crippen molar-refractivity contribution < 1.29 is 5.11 Å². The predicted molar refractivity (Wildman–Crippen MR) is 69.4 cm³/mol. The number of nitrogens with zero attached hydrogens (tertiary/aromatic N) is 1. The van der Waals surface area contributed by atoms with Gasteiger partial charge >= 0.3 is 0 Å². The SMILES string of the molecule is OC(Cc1ccc(Cl)cc1)c1ccnc(Cl)c1. The standard InChI is InChI=1S/C13H11Cl2NO/c14-11-3-1-9(2-4-11)7-12(17)10-5-6-16-13(15)8-10/h1-6,8,12,17H,7H2. The Bertz CT molecular complexity index is 499. The number of hydrogen-bond donors (Lipinski definition) is 1. The Morgan fingerprint density at radius 2 is 1.82 bits per heavy atom. The molecule has 1 heterocycles. The number of aliphatic hydroxyl groups is 1. The Hall–Kier alpha value is -1.09. The molecule has 0 bridgehead atoms. The molecular weight excluding hydrogens is 257 g/mol.